The topological polar surface area (TPSA) is 205 Å². The number of hydrogen-bond donors (Lipinski definition) is 2. The van der Waals surface area contributed by atoms with Gasteiger partial charge in [0.15, 0.2) is 43.3 Å². The number of hydrogen-bond acceptors (Lipinski definition) is 19. The number of ether oxygens (including phenoxy) is 16. The van der Waals surface area contributed by atoms with Crippen LogP contribution >= 0.6 is 0 Å². The zero-order chi connectivity index (χ0) is 62.6. The quantitative estimate of drug-likeness (QED) is 0.0790. The maximum absolute atomic E-state index is 14.6. The number of carbonyl (C=O) groups is 1. The standard InChI is InChI=1S/C71H96O19/c1-7-8-18-37-51-38-27-12-10-9-11-13-28-39-53(72)84-64-59(86-68-63(77-42-49-33-23-16-24-34-49)61(76-41-48-31-21-15-22-32-48)56(45(3)80-68)75-40-47-29-19-14-20-30-47)54(73)44(2)79-70(64)87-60-55(74)58-52(43-78-66(85-58)50-35-25-17-26-36-50)83-67(60)88-65-62-57(89-71(5,6)90-62)46(4)81-69(65)82-51/h14-17,19-26,29-36,44-46,51-52,54-70,73-74H,7-13,18,27-28,37-43H2,1-6H3/t44-,45-,46+,51-,52+,54-,55-,56-,57-,58+,59+,60+,61+,62-,63+,64+,65+,66+,67-,68-,69-,70-/m0/s1. The Morgan fingerprint density at radius 1 is 0.500 bits per heavy atom. The molecule has 7 heterocycles. The molecule has 90 heavy (non-hydrogen) atoms. The van der Waals surface area contributed by atoms with Gasteiger partial charge in [-0.05, 0) is 70.6 Å². The highest BCUT2D eigenvalue weighted by molar-refractivity contribution is 5.69. The molecule has 7 fully saturated rings. The van der Waals surface area contributed by atoms with Crippen molar-refractivity contribution >= 4 is 5.97 Å². The van der Waals surface area contributed by atoms with Crippen molar-refractivity contribution in [2.45, 2.75) is 286 Å². The van der Waals surface area contributed by atoms with Crippen molar-refractivity contribution in [3.05, 3.63) is 144 Å². The second-order valence-electron chi connectivity index (χ2n) is 25.7. The van der Waals surface area contributed by atoms with E-state index in [2.05, 4.69) is 6.92 Å². The first kappa shape index (κ1) is 67.1. The van der Waals surface area contributed by atoms with Crippen LogP contribution in [0.4, 0.5) is 0 Å². The molecule has 4 aromatic carbocycles. The largest absolute Gasteiger partial charge is 0.454 e. The number of benzene rings is 4. The van der Waals surface area contributed by atoms with E-state index in [0.717, 1.165) is 92.9 Å². The van der Waals surface area contributed by atoms with Crippen molar-refractivity contribution in [3.8, 4) is 0 Å². The number of aliphatic hydroxyl groups excluding tert-OH is 2. The van der Waals surface area contributed by atoms with Gasteiger partial charge in [-0.3, -0.25) is 4.79 Å². The third kappa shape index (κ3) is 17.1. The summed E-state index contributed by atoms with van der Waals surface area (Å²) in [5.74, 6) is -1.58. The lowest BCUT2D eigenvalue weighted by Gasteiger charge is -2.52. The van der Waals surface area contributed by atoms with Gasteiger partial charge in [0.1, 0.15) is 73.2 Å². The van der Waals surface area contributed by atoms with Crippen molar-refractivity contribution in [2.24, 2.45) is 0 Å². The predicted octanol–water partition coefficient (Wildman–Crippen LogP) is 10.6. The van der Waals surface area contributed by atoms with Gasteiger partial charge >= 0.3 is 5.97 Å². The van der Waals surface area contributed by atoms with Crippen molar-refractivity contribution < 1.29 is 90.8 Å². The summed E-state index contributed by atoms with van der Waals surface area (Å²) in [6.45, 7) is 12.0. The Balaban J connectivity index is 0.957. The van der Waals surface area contributed by atoms with Crippen LogP contribution in [0.5, 0.6) is 0 Å². The summed E-state index contributed by atoms with van der Waals surface area (Å²) >= 11 is 0. The molecule has 0 spiro atoms. The first-order chi connectivity index (χ1) is 43.8. The Bertz CT molecular complexity index is 2750. The van der Waals surface area contributed by atoms with E-state index in [0.29, 0.717) is 6.42 Å². The van der Waals surface area contributed by atoms with Gasteiger partial charge in [-0.25, -0.2) is 0 Å². The third-order valence-corrected chi connectivity index (χ3v) is 18.3. The minimum Gasteiger partial charge on any atom is -0.454 e. The minimum absolute atomic E-state index is 0.0189. The smallest absolute Gasteiger partial charge is 0.306 e. The van der Waals surface area contributed by atoms with E-state index in [1.165, 1.54) is 0 Å². The second-order valence-corrected chi connectivity index (χ2v) is 25.7. The molecular formula is C71H96O19. The van der Waals surface area contributed by atoms with Crippen LogP contribution in [0.15, 0.2) is 121 Å². The van der Waals surface area contributed by atoms with Crippen LogP contribution < -0.4 is 0 Å². The minimum atomic E-state index is -1.55. The molecule has 7 aliphatic heterocycles. The monoisotopic (exact) mass is 1250 g/mol. The highest BCUT2D eigenvalue weighted by Gasteiger charge is 2.61. The fourth-order valence-corrected chi connectivity index (χ4v) is 13.5. The molecule has 0 amide bonds. The van der Waals surface area contributed by atoms with Gasteiger partial charge < -0.3 is 86.0 Å². The van der Waals surface area contributed by atoms with Crippen molar-refractivity contribution in [2.75, 3.05) is 6.61 Å². The first-order valence-corrected chi connectivity index (χ1v) is 33.2. The fourth-order valence-electron chi connectivity index (χ4n) is 13.5. The average molecular weight is 1250 g/mol. The predicted molar refractivity (Wildman–Crippen MR) is 328 cm³/mol. The fraction of sp³-hybridized carbons (Fsp3) is 0.648. The maximum Gasteiger partial charge on any atom is 0.306 e. The van der Waals surface area contributed by atoms with Crippen LogP contribution in [-0.4, -0.2) is 158 Å². The molecule has 0 aliphatic carbocycles. The Hall–Kier alpha value is -4.33. The maximum atomic E-state index is 14.6. The summed E-state index contributed by atoms with van der Waals surface area (Å²) in [5, 5.41) is 25.7. The van der Waals surface area contributed by atoms with Crippen LogP contribution in [0, 0.1) is 0 Å². The highest BCUT2D eigenvalue weighted by atomic mass is 16.8. The number of esters is 1. The number of unbranched alkanes of at least 4 members (excludes halogenated alkanes) is 2. The summed E-state index contributed by atoms with van der Waals surface area (Å²) in [5.41, 5.74) is 3.50. The number of carbonyl (C=O) groups excluding carboxylic acids is 1. The van der Waals surface area contributed by atoms with Crippen molar-refractivity contribution in [3.63, 3.8) is 0 Å². The molecule has 494 valence electrons. The molecular weight excluding hydrogens is 1160 g/mol. The molecule has 0 aromatic heterocycles. The SMILES string of the molecule is CCCCC[C@H]1CCCCCCCCCC(=O)O[C@H]2[C@H](O[C@H]3[C@H](O[C@H]4[C@H](O1)O[C@H](C)[C@@H]1OC(C)(C)O[C@@H]14)O[C@@H]1CO[C@@H](c4ccccc4)O[C@H]1[C@@H]3O)O[C@@H](C)[C@H](O)[C@H]2O[C@@H]1O[C@@H](C)[C@H](OCc2ccccc2)[C@@H](OCc2ccccc2)[C@H]1OCc1ccccc1. The number of fused-ring (bicyclic) bond motifs is 6. The van der Waals surface area contributed by atoms with Crippen LogP contribution in [0.1, 0.15) is 154 Å². The summed E-state index contributed by atoms with van der Waals surface area (Å²) in [6.07, 6.45) is -11.3. The highest BCUT2D eigenvalue weighted by Crippen LogP contribution is 2.44. The molecule has 0 unspecified atom stereocenters. The molecule has 11 rings (SSSR count). The molecule has 2 N–H and O–H groups in total. The van der Waals surface area contributed by atoms with Crippen LogP contribution in [-0.2, 0) is 100 Å². The number of aliphatic hydroxyl groups is 2. The lowest BCUT2D eigenvalue weighted by atomic mass is 9.95. The van der Waals surface area contributed by atoms with E-state index >= 15 is 0 Å². The molecule has 0 radical (unpaired) electrons. The molecule has 7 aliphatic rings. The number of rotatable bonds is 16. The van der Waals surface area contributed by atoms with E-state index in [1.54, 1.807) is 6.92 Å². The molecule has 7 saturated heterocycles. The molecule has 19 nitrogen and oxygen atoms in total. The second kappa shape index (κ2) is 32.2. The van der Waals surface area contributed by atoms with Gasteiger partial charge in [-0.1, -0.05) is 186 Å². The first-order valence-electron chi connectivity index (χ1n) is 33.2. The van der Waals surface area contributed by atoms with Gasteiger partial charge in [0.2, 0.25) is 0 Å². The van der Waals surface area contributed by atoms with Crippen LogP contribution in [0.25, 0.3) is 0 Å². The Labute approximate surface area is 530 Å². The van der Waals surface area contributed by atoms with Crippen LogP contribution in [0.3, 0.4) is 0 Å². The average Bonchev–Trinajstić information content (AvgIpc) is 1.29. The van der Waals surface area contributed by atoms with E-state index in [-0.39, 0.29) is 39.0 Å². The Morgan fingerprint density at radius 2 is 1.06 bits per heavy atom. The Kier molecular flexibility index (Phi) is 24.0. The normalized spacial score (nSPS) is 38.0. The molecule has 0 bridgehead atoms. The molecule has 4 aromatic rings. The Morgan fingerprint density at radius 3 is 1.71 bits per heavy atom. The molecule has 19 heteroatoms. The lowest BCUT2D eigenvalue weighted by Crippen LogP contribution is -2.68. The summed E-state index contributed by atoms with van der Waals surface area (Å²) in [6, 6.07) is 38.9. The van der Waals surface area contributed by atoms with Crippen molar-refractivity contribution in [1.82, 2.24) is 0 Å². The summed E-state index contributed by atoms with van der Waals surface area (Å²) < 4.78 is 110. The van der Waals surface area contributed by atoms with Gasteiger partial charge in [0, 0.05) is 12.0 Å². The third-order valence-electron chi connectivity index (χ3n) is 18.3. The van der Waals surface area contributed by atoms with Gasteiger partial charge in [-0.2, -0.15) is 0 Å². The van der Waals surface area contributed by atoms with Gasteiger partial charge in [-0.15, -0.1) is 0 Å². The van der Waals surface area contributed by atoms with E-state index in [9.17, 15) is 15.0 Å². The lowest BCUT2D eigenvalue weighted by molar-refractivity contribution is -0.414. The zero-order valence-corrected chi connectivity index (χ0v) is 53.1. The van der Waals surface area contributed by atoms with E-state index < -0.39 is 141 Å². The van der Waals surface area contributed by atoms with E-state index in [4.69, 9.17) is 75.8 Å². The molecule has 22 atom stereocenters. The molecule has 0 saturated carbocycles. The van der Waals surface area contributed by atoms with Gasteiger partial charge in [0.25, 0.3) is 0 Å². The summed E-state index contributed by atoms with van der Waals surface area (Å²) in [4.78, 5) is 14.6. The van der Waals surface area contributed by atoms with E-state index in [1.807, 2.05) is 149 Å². The zero-order valence-electron chi connectivity index (χ0n) is 53.1. The summed E-state index contributed by atoms with van der Waals surface area (Å²) in [7, 11) is 0. The van der Waals surface area contributed by atoms with Gasteiger partial charge in [0.05, 0.1) is 50.8 Å². The van der Waals surface area contributed by atoms with Crippen molar-refractivity contribution in [1.29, 1.82) is 0 Å². The van der Waals surface area contributed by atoms with Crippen LogP contribution in [0.2, 0.25) is 0 Å².